The van der Waals surface area contributed by atoms with Gasteiger partial charge in [-0.2, -0.15) is 15.0 Å². The summed E-state index contributed by atoms with van der Waals surface area (Å²) in [6.45, 7) is 0. The number of anilines is 1. The maximum Gasteiger partial charge on any atom is 0.328 e. The van der Waals surface area contributed by atoms with E-state index in [-0.39, 0.29) is 23.0 Å². The van der Waals surface area contributed by atoms with Crippen molar-refractivity contribution < 1.29 is 9.13 Å². The molecule has 0 amide bonds. The van der Waals surface area contributed by atoms with E-state index >= 15 is 0 Å². The van der Waals surface area contributed by atoms with Crippen LogP contribution in [0.2, 0.25) is 5.28 Å². The van der Waals surface area contributed by atoms with Gasteiger partial charge in [-0.3, -0.25) is 0 Å². The summed E-state index contributed by atoms with van der Waals surface area (Å²) in [6.07, 6.45) is 0. The van der Waals surface area contributed by atoms with Gasteiger partial charge in [0.1, 0.15) is 11.6 Å². The Balaban J connectivity index is 2.30. The first-order valence-corrected chi connectivity index (χ1v) is 5.97. The molecular formula is C10H7BrClFN4O. The van der Waals surface area contributed by atoms with E-state index < -0.39 is 5.82 Å². The Labute approximate surface area is 116 Å². The lowest BCUT2D eigenvalue weighted by molar-refractivity contribution is 0.436. The van der Waals surface area contributed by atoms with Gasteiger partial charge in [0.15, 0.2) is 0 Å². The van der Waals surface area contributed by atoms with E-state index in [1.807, 2.05) is 0 Å². The van der Waals surface area contributed by atoms with Gasteiger partial charge in [-0.05, 0) is 23.7 Å². The van der Waals surface area contributed by atoms with Gasteiger partial charge in [0.05, 0.1) is 0 Å². The average Bonchev–Trinajstić information content (AvgIpc) is 2.26. The summed E-state index contributed by atoms with van der Waals surface area (Å²) in [5, 5.41) is 2.69. The van der Waals surface area contributed by atoms with E-state index in [1.54, 1.807) is 13.1 Å². The second kappa shape index (κ2) is 5.45. The van der Waals surface area contributed by atoms with E-state index in [2.05, 4.69) is 36.2 Å². The number of nitrogens with zero attached hydrogens (tertiary/aromatic N) is 3. The van der Waals surface area contributed by atoms with Crippen LogP contribution in [0.1, 0.15) is 0 Å². The highest BCUT2D eigenvalue weighted by atomic mass is 79.9. The first-order valence-electron chi connectivity index (χ1n) is 4.80. The molecule has 5 nitrogen and oxygen atoms in total. The molecule has 94 valence electrons. The Hall–Kier alpha value is -1.47. The molecule has 1 N–H and O–H groups in total. The standard InChI is InChI=1S/C10H7BrClFN4O/c1-14-9-15-8(12)16-10(17-9)18-7-3-5(11)2-6(13)4-7/h2-4H,1H3,(H,14,15,16,17). The summed E-state index contributed by atoms with van der Waals surface area (Å²) >= 11 is 8.85. The summed E-state index contributed by atoms with van der Waals surface area (Å²) in [5.74, 6) is 0.0834. The van der Waals surface area contributed by atoms with E-state index in [1.165, 1.54) is 12.1 Å². The lowest BCUT2D eigenvalue weighted by Crippen LogP contribution is -2.01. The third-order valence-electron chi connectivity index (χ3n) is 1.86. The number of hydrogen-bond acceptors (Lipinski definition) is 5. The first kappa shape index (κ1) is 13.0. The number of halogens is 3. The molecule has 0 saturated carbocycles. The number of benzene rings is 1. The fourth-order valence-electron chi connectivity index (χ4n) is 1.18. The van der Waals surface area contributed by atoms with Crippen LogP contribution in [0.15, 0.2) is 22.7 Å². The van der Waals surface area contributed by atoms with Crippen molar-refractivity contribution in [1.82, 2.24) is 15.0 Å². The SMILES string of the molecule is CNc1nc(Cl)nc(Oc2cc(F)cc(Br)c2)n1. The average molecular weight is 334 g/mol. The summed E-state index contributed by atoms with van der Waals surface area (Å²) in [7, 11) is 1.63. The van der Waals surface area contributed by atoms with Gasteiger partial charge in [0.2, 0.25) is 11.2 Å². The summed E-state index contributed by atoms with van der Waals surface area (Å²) < 4.78 is 19.0. The van der Waals surface area contributed by atoms with Gasteiger partial charge >= 0.3 is 6.01 Å². The van der Waals surface area contributed by atoms with Gasteiger partial charge in [0, 0.05) is 17.6 Å². The van der Waals surface area contributed by atoms with Crippen LogP contribution in [0.3, 0.4) is 0 Å². The van der Waals surface area contributed by atoms with Crippen molar-refractivity contribution in [2.45, 2.75) is 0 Å². The molecule has 0 unspecified atom stereocenters. The molecule has 0 aliphatic heterocycles. The zero-order valence-electron chi connectivity index (χ0n) is 9.12. The molecule has 0 fully saturated rings. The van der Waals surface area contributed by atoms with Crippen LogP contribution >= 0.6 is 27.5 Å². The van der Waals surface area contributed by atoms with Crippen molar-refractivity contribution in [2.24, 2.45) is 0 Å². The highest BCUT2D eigenvalue weighted by Gasteiger charge is 2.07. The number of hydrogen-bond donors (Lipinski definition) is 1. The lowest BCUT2D eigenvalue weighted by Gasteiger charge is -2.06. The molecule has 1 heterocycles. The van der Waals surface area contributed by atoms with Crippen LogP contribution in [0.25, 0.3) is 0 Å². The predicted molar refractivity (Wildman–Crippen MR) is 68.6 cm³/mol. The maximum atomic E-state index is 13.2. The number of nitrogens with one attached hydrogen (secondary N) is 1. The Morgan fingerprint density at radius 2 is 2.06 bits per heavy atom. The summed E-state index contributed by atoms with van der Waals surface area (Å²) in [6, 6.07) is 4.09. The number of aromatic nitrogens is 3. The van der Waals surface area contributed by atoms with Crippen LogP contribution in [-0.2, 0) is 0 Å². The fourth-order valence-corrected chi connectivity index (χ4v) is 1.78. The maximum absolute atomic E-state index is 13.2. The van der Waals surface area contributed by atoms with Crippen molar-refractivity contribution in [3.8, 4) is 11.8 Å². The summed E-state index contributed by atoms with van der Waals surface area (Å²) in [4.78, 5) is 11.5. The van der Waals surface area contributed by atoms with Gasteiger partial charge in [0.25, 0.3) is 0 Å². The summed E-state index contributed by atoms with van der Waals surface area (Å²) in [5.41, 5.74) is 0. The van der Waals surface area contributed by atoms with Crippen molar-refractivity contribution >= 4 is 33.5 Å². The molecule has 0 aliphatic rings. The van der Waals surface area contributed by atoms with E-state index in [0.29, 0.717) is 4.47 Å². The Bertz CT molecular complexity index is 564. The Morgan fingerprint density at radius 3 is 2.72 bits per heavy atom. The second-order valence-electron chi connectivity index (χ2n) is 3.17. The van der Waals surface area contributed by atoms with Gasteiger partial charge in [-0.25, -0.2) is 4.39 Å². The highest BCUT2D eigenvalue weighted by molar-refractivity contribution is 9.10. The molecule has 0 bridgehead atoms. The van der Waals surface area contributed by atoms with E-state index in [0.717, 1.165) is 0 Å². The van der Waals surface area contributed by atoms with Gasteiger partial charge < -0.3 is 10.1 Å². The zero-order chi connectivity index (χ0) is 13.1. The minimum Gasteiger partial charge on any atom is -0.424 e. The molecule has 2 aromatic rings. The monoisotopic (exact) mass is 332 g/mol. The molecule has 0 radical (unpaired) electrons. The third-order valence-corrected chi connectivity index (χ3v) is 2.48. The molecule has 0 atom stereocenters. The second-order valence-corrected chi connectivity index (χ2v) is 4.42. The third kappa shape index (κ3) is 3.27. The normalized spacial score (nSPS) is 10.2. The molecule has 0 aliphatic carbocycles. The largest absolute Gasteiger partial charge is 0.424 e. The predicted octanol–water partition coefficient (Wildman–Crippen LogP) is 3.26. The van der Waals surface area contributed by atoms with E-state index in [9.17, 15) is 4.39 Å². The minimum absolute atomic E-state index is 0.0141. The van der Waals surface area contributed by atoms with Crippen LogP contribution in [0, 0.1) is 5.82 Å². The molecule has 1 aromatic carbocycles. The molecule has 2 rings (SSSR count). The van der Waals surface area contributed by atoms with Crippen LogP contribution in [0.5, 0.6) is 11.8 Å². The molecule has 0 spiro atoms. The van der Waals surface area contributed by atoms with Crippen molar-refractivity contribution in [3.63, 3.8) is 0 Å². The molecule has 0 saturated heterocycles. The van der Waals surface area contributed by atoms with Crippen molar-refractivity contribution in [2.75, 3.05) is 12.4 Å². The van der Waals surface area contributed by atoms with Gasteiger partial charge in [-0.15, -0.1) is 0 Å². The Morgan fingerprint density at radius 1 is 1.28 bits per heavy atom. The smallest absolute Gasteiger partial charge is 0.328 e. The quantitative estimate of drug-likeness (QED) is 0.934. The molecule has 8 heteroatoms. The fraction of sp³-hybridized carbons (Fsp3) is 0.100. The lowest BCUT2D eigenvalue weighted by atomic mass is 10.3. The van der Waals surface area contributed by atoms with Crippen LogP contribution in [-0.4, -0.2) is 22.0 Å². The van der Waals surface area contributed by atoms with Crippen LogP contribution < -0.4 is 10.1 Å². The molecule has 18 heavy (non-hydrogen) atoms. The first-order chi connectivity index (χ1) is 8.56. The van der Waals surface area contributed by atoms with E-state index in [4.69, 9.17) is 16.3 Å². The van der Waals surface area contributed by atoms with Crippen molar-refractivity contribution in [3.05, 3.63) is 33.8 Å². The topological polar surface area (TPSA) is 59.9 Å². The Kier molecular flexibility index (Phi) is 3.93. The minimum atomic E-state index is -0.437. The number of ether oxygens (including phenoxy) is 1. The highest BCUT2D eigenvalue weighted by Crippen LogP contribution is 2.24. The van der Waals surface area contributed by atoms with Gasteiger partial charge in [-0.1, -0.05) is 15.9 Å². The molecular weight excluding hydrogens is 326 g/mol. The van der Waals surface area contributed by atoms with Crippen molar-refractivity contribution in [1.29, 1.82) is 0 Å². The zero-order valence-corrected chi connectivity index (χ0v) is 11.5. The van der Waals surface area contributed by atoms with Crippen LogP contribution in [0.4, 0.5) is 10.3 Å². The number of rotatable bonds is 3. The molecule has 1 aromatic heterocycles.